The molecule has 0 saturated carbocycles. The predicted molar refractivity (Wildman–Crippen MR) is 63.9 cm³/mol. The van der Waals surface area contributed by atoms with Crippen LogP contribution in [0.15, 0.2) is 18.2 Å². The first kappa shape index (κ1) is 13.8. The van der Waals surface area contributed by atoms with Crippen LogP contribution in [0.1, 0.15) is 17.3 Å². The van der Waals surface area contributed by atoms with Gasteiger partial charge in [0, 0.05) is 12.6 Å². The van der Waals surface area contributed by atoms with E-state index < -0.39 is 18.4 Å². The van der Waals surface area contributed by atoms with Crippen LogP contribution in [0.5, 0.6) is 11.5 Å². The number of hydrogen-bond donors (Lipinski definition) is 2. The molecule has 0 unspecified atom stereocenters. The molecule has 0 bridgehead atoms. The number of ether oxygens (including phenoxy) is 1. The Kier molecular flexibility index (Phi) is 4.53. The van der Waals surface area contributed by atoms with Crippen molar-refractivity contribution in [2.45, 2.75) is 6.92 Å². The number of aliphatic carboxylic acids is 1. The number of aromatic hydroxyl groups is 1. The lowest BCUT2D eigenvalue weighted by molar-refractivity contribution is -0.137. The summed E-state index contributed by atoms with van der Waals surface area (Å²) in [5.41, 5.74) is 0.0545. The number of carbonyl (C=O) groups is 2. The molecule has 0 aliphatic rings. The maximum absolute atomic E-state index is 12.0. The van der Waals surface area contributed by atoms with Crippen molar-refractivity contribution in [1.29, 1.82) is 0 Å². The van der Waals surface area contributed by atoms with E-state index in [1.807, 2.05) is 0 Å². The van der Waals surface area contributed by atoms with Gasteiger partial charge >= 0.3 is 5.97 Å². The summed E-state index contributed by atoms with van der Waals surface area (Å²) in [7, 11) is 1.44. The zero-order valence-corrected chi connectivity index (χ0v) is 10.2. The van der Waals surface area contributed by atoms with Gasteiger partial charge in [-0.15, -0.1) is 0 Å². The predicted octanol–water partition coefficient (Wildman–Crippen LogP) is 0.947. The molecule has 0 fully saturated rings. The first-order valence-corrected chi connectivity index (χ1v) is 5.37. The zero-order valence-electron chi connectivity index (χ0n) is 10.2. The van der Waals surface area contributed by atoms with Crippen molar-refractivity contribution in [2.24, 2.45) is 0 Å². The van der Waals surface area contributed by atoms with E-state index in [9.17, 15) is 14.7 Å². The van der Waals surface area contributed by atoms with Crippen molar-refractivity contribution in [3.05, 3.63) is 23.8 Å². The number of benzene rings is 1. The number of methoxy groups -OCH3 is 1. The third-order valence-electron chi connectivity index (χ3n) is 2.43. The van der Waals surface area contributed by atoms with Crippen LogP contribution in [0, 0.1) is 0 Å². The van der Waals surface area contributed by atoms with E-state index in [-0.39, 0.29) is 17.9 Å². The quantitative estimate of drug-likeness (QED) is 0.815. The number of phenols is 1. The Hall–Kier alpha value is -2.24. The highest BCUT2D eigenvalue weighted by molar-refractivity contribution is 5.98. The number of nitrogens with zero attached hydrogens (tertiary/aromatic N) is 1. The van der Waals surface area contributed by atoms with Crippen molar-refractivity contribution in [1.82, 2.24) is 4.90 Å². The summed E-state index contributed by atoms with van der Waals surface area (Å²) in [4.78, 5) is 23.7. The van der Waals surface area contributed by atoms with Crippen LogP contribution in [0.25, 0.3) is 0 Å². The summed E-state index contributed by atoms with van der Waals surface area (Å²) in [5.74, 6) is -1.44. The summed E-state index contributed by atoms with van der Waals surface area (Å²) in [6.45, 7) is 1.51. The van der Waals surface area contributed by atoms with E-state index in [1.165, 1.54) is 25.3 Å². The molecule has 1 aromatic carbocycles. The van der Waals surface area contributed by atoms with E-state index in [2.05, 4.69) is 0 Å². The summed E-state index contributed by atoms with van der Waals surface area (Å²) in [5, 5.41) is 18.4. The molecule has 0 heterocycles. The minimum absolute atomic E-state index is 0.0545. The van der Waals surface area contributed by atoms with Crippen LogP contribution >= 0.6 is 0 Å². The number of hydrogen-bond acceptors (Lipinski definition) is 4. The van der Waals surface area contributed by atoms with Gasteiger partial charge < -0.3 is 19.8 Å². The molecule has 6 nitrogen and oxygen atoms in total. The van der Waals surface area contributed by atoms with Gasteiger partial charge in [-0.1, -0.05) is 0 Å². The number of rotatable bonds is 5. The van der Waals surface area contributed by atoms with Gasteiger partial charge in [0.15, 0.2) is 0 Å². The van der Waals surface area contributed by atoms with Gasteiger partial charge in [0.05, 0.1) is 12.7 Å². The molecule has 0 aliphatic heterocycles. The average Bonchev–Trinajstić information content (AvgIpc) is 2.34. The number of amides is 1. The normalized spacial score (nSPS) is 9.89. The lowest BCUT2D eigenvalue weighted by Gasteiger charge is -2.19. The second-order valence-electron chi connectivity index (χ2n) is 3.60. The van der Waals surface area contributed by atoms with E-state index >= 15 is 0 Å². The van der Waals surface area contributed by atoms with Crippen molar-refractivity contribution < 1.29 is 24.5 Å². The van der Waals surface area contributed by atoms with E-state index in [4.69, 9.17) is 9.84 Å². The average molecular weight is 253 g/mol. The van der Waals surface area contributed by atoms with Crippen molar-refractivity contribution in [3.63, 3.8) is 0 Å². The molecule has 6 heteroatoms. The smallest absolute Gasteiger partial charge is 0.323 e. The molecular weight excluding hydrogens is 238 g/mol. The van der Waals surface area contributed by atoms with Crippen LogP contribution in [0.4, 0.5) is 0 Å². The SMILES string of the molecule is CCN(CC(=O)O)C(=O)c1ccc(OC)cc1O. The third-order valence-corrected chi connectivity index (χ3v) is 2.43. The van der Waals surface area contributed by atoms with Crippen LogP contribution < -0.4 is 4.74 Å². The molecule has 2 N–H and O–H groups in total. The maximum atomic E-state index is 12.0. The topological polar surface area (TPSA) is 87.1 Å². The van der Waals surface area contributed by atoms with Crippen LogP contribution in [-0.2, 0) is 4.79 Å². The first-order valence-electron chi connectivity index (χ1n) is 5.37. The Morgan fingerprint density at radius 1 is 1.39 bits per heavy atom. The molecule has 98 valence electrons. The first-order chi connectivity index (χ1) is 8.49. The van der Waals surface area contributed by atoms with Crippen LogP contribution in [0.3, 0.4) is 0 Å². The number of likely N-dealkylation sites (N-methyl/N-ethyl adjacent to an activating group) is 1. The third kappa shape index (κ3) is 3.13. The Balaban J connectivity index is 2.98. The lowest BCUT2D eigenvalue weighted by atomic mass is 10.1. The summed E-state index contributed by atoms with van der Waals surface area (Å²) < 4.78 is 4.90. The highest BCUT2D eigenvalue weighted by atomic mass is 16.5. The van der Waals surface area contributed by atoms with E-state index in [0.717, 1.165) is 4.90 Å². The Morgan fingerprint density at radius 2 is 2.06 bits per heavy atom. The van der Waals surface area contributed by atoms with Crippen molar-refractivity contribution >= 4 is 11.9 Å². The maximum Gasteiger partial charge on any atom is 0.323 e. The Labute approximate surface area is 104 Å². The molecule has 1 amide bonds. The second kappa shape index (κ2) is 5.90. The van der Waals surface area contributed by atoms with E-state index in [1.54, 1.807) is 6.92 Å². The van der Waals surface area contributed by atoms with Gasteiger partial charge in [-0.05, 0) is 19.1 Å². The molecule has 0 aliphatic carbocycles. The number of carboxylic acids is 1. The van der Waals surface area contributed by atoms with Crippen molar-refractivity contribution in [3.8, 4) is 11.5 Å². The minimum atomic E-state index is -1.10. The summed E-state index contributed by atoms with van der Waals surface area (Å²) in [6, 6.07) is 4.24. The lowest BCUT2D eigenvalue weighted by Crippen LogP contribution is -2.35. The summed E-state index contributed by atoms with van der Waals surface area (Å²) >= 11 is 0. The molecular formula is C12H15NO5. The zero-order chi connectivity index (χ0) is 13.7. The van der Waals surface area contributed by atoms with Gasteiger partial charge in [0.1, 0.15) is 18.0 Å². The molecule has 0 radical (unpaired) electrons. The molecule has 1 aromatic rings. The molecule has 0 saturated heterocycles. The minimum Gasteiger partial charge on any atom is -0.507 e. The highest BCUT2D eigenvalue weighted by Gasteiger charge is 2.20. The fourth-order valence-electron chi connectivity index (χ4n) is 1.48. The Bertz CT molecular complexity index is 458. The van der Waals surface area contributed by atoms with Gasteiger partial charge in [0.2, 0.25) is 0 Å². The standard InChI is InChI=1S/C12H15NO5/c1-3-13(7-11(15)16)12(17)9-5-4-8(18-2)6-10(9)14/h4-6,14H,3,7H2,1-2H3,(H,15,16). The molecule has 0 spiro atoms. The molecule has 18 heavy (non-hydrogen) atoms. The van der Waals surface area contributed by atoms with Crippen LogP contribution in [-0.4, -0.2) is 47.2 Å². The van der Waals surface area contributed by atoms with Gasteiger partial charge in [-0.2, -0.15) is 0 Å². The fourth-order valence-corrected chi connectivity index (χ4v) is 1.48. The van der Waals surface area contributed by atoms with E-state index in [0.29, 0.717) is 5.75 Å². The number of carbonyl (C=O) groups excluding carboxylic acids is 1. The van der Waals surface area contributed by atoms with Gasteiger partial charge in [-0.25, -0.2) is 0 Å². The Morgan fingerprint density at radius 3 is 2.50 bits per heavy atom. The number of carboxylic acid groups (broad SMARTS) is 1. The van der Waals surface area contributed by atoms with Gasteiger partial charge in [0.25, 0.3) is 5.91 Å². The molecule has 0 atom stereocenters. The van der Waals surface area contributed by atoms with Gasteiger partial charge in [-0.3, -0.25) is 9.59 Å². The molecule has 1 rings (SSSR count). The highest BCUT2D eigenvalue weighted by Crippen LogP contribution is 2.24. The number of phenolic OH excluding ortho intramolecular Hbond substituents is 1. The van der Waals surface area contributed by atoms with Crippen LogP contribution in [0.2, 0.25) is 0 Å². The van der Waals surface area contributed by atoms with Crippen molar-refractivity contribution in [2.75, 3.05) is 20.2 Å². The second-order valence-corrected chi connectivity index (χ2v) is 3.60. The largest absolute Gasteiger partial charge is 0.507 e. The summed E-state index contributed by atoms with van der Waals surface area (Å²) in [6.07, 6.45) is 0. The fraction of sp³-hybridized carbons (Fsp3) is 0.333. The molecule has 0 aromatic heterocycles. The monoisotopic (exact) mass is 253 g/mol.